The molecule has 0 heterocycles. The minimum atomic E-state index is -3.09. The summed E-state index contributed by atoms with van der Waals surface area (Å²) in [5.41, 5.74) is -0.0915. The van der Waals surface area contributed by atoms with Gasteiger partial charge in [-0.15, -0.1) is 0 Å². The van der Waals surface area contributed by atoms with E-state index < -0.39 is 10.0 Å². The van der Waals surface area contributed by atoms with Crippen molar-refractivity contribution in [1.82, 2.24) is 4.72 Å². The number of hydrogen-bond donors (Lipinski definition) is 2. The average Bonchev–Trinajstić information content (AvgIpc) is 1.97. The predicted molar refractivity (Wildman–Crippen MR) is 52.9 cm³/mol. The zero-order chi connectivity index (χ0) is 10.5. The van der Waals surface area contributed by atoms with Crippen LogP contribution in [0, 0.1) is 5.41 Å². The smallest absolute Gasteiger partial charge is 0.208 e. The molecule has 0 saturated heterocycles. The summed E-state index contributed by atoms with van der Waals surface area (Å²) >= 11 is 0. The Morgan fingerprint density at radius 2 is 1.92 bits per heavy atom. The largest absolute Gasteiger partial charge is 0.396 e. The molecular formula is C8H19NO3S. The lowest BCUT2D eigenvalue weighted by Crippen LogP contribution is -2.33. The molecule has 2 N–H and O–H groups in total. The second kappa shape index (κ2) is 4.93. The highest BCUT2D eigenvalue weighted by molar-refractivity contribution is 7.88. The molecule has 0 bridgehead atoms. The van der Waals surface area contributed by atoms with Crippen LogP contribution in [0.4, 0.5) is 0 Å². The van der Waals surface area contributed by atoms with Crippen molar-refractivity contribution in [3.63, 3.8) is 0 Å². The highest BCUT2D eigenvalue weighted by Gasteiger charge is 2.18. The second-order valence-electron chi connectivity index (χ2n) is 4.08. The lowest BCUT2D eigenvalue weighted by molar-refractivity contribution is 0.242. The van der Waals surface area contributed by atoms with E-state index in [2.05, 4.69) is 4.72 Å². The summed E-state index contributed by atoms with van der Waals surface area (Å²) in [4.78, 5) is 0. The molecule has 5 heteroatoms. The molecular weight excluding hydrogens is 190 g/mol. The van der Waals surface area contributed by atoms with Crippen molar-refractivity contribution in [3.05, 3.63) is 0 Å². The van der Waals surface area contributed by atoms with Gasteiger partial charge in [-0.1, -0.05) is 13.8 Å². The minimum absolute atomic E-state index is 0.0915. The minimum Gasteiger partial charge on any atom is -0.396 e. The molecule has 0 radical (unpaired) electrons. The Morgan fingerprint density at radius 3 is 2.31 bits per heavy atom. The van der Waals surface area contributed by atoms with Gasteiger partial charge in [0.2, 0.25) is 10.0 Å². The van der Waals surface area contributed by atoms with Gasteiger partial charge < -0.3 is 5.11 Å². The molecule has 0 rings (SSSR count). The number of rotatable bonds is 6. The highest BCUT2D eigenvalue weighted by atomic mass is 32.2. The Kier molecular flexibility index (Phi) is 4.88. The number of sulfonamides is 1. The molecule has 0 aromatic heterocycles. The molecule has 0 fully saturated rings. The van der Waals surface area contributed by atoms with Gasteiger partial charge in [-0.2, -0.15) is 0 Å². The molecule has 0 aliphatic rings. The normalized spacial score (nSPS) is 13.2. The van der Waals surface area contributed by atoms with E-state index in [0.717, 1.165) is 12.7 Å². The Labute approximate surface area is 80.4 Å². The summed E-state index contributed by atoms with van der Waals surface area (Å²) < 4.78 is 24.0. The summed E-state index contributed by atoms with van der Waals surface area (Å²) in [5, 5.41) is 8.62. The van der Waals surface area contributed by atoms with Gasteiger partial charge in [0.05, 0.1) is 6.26 Å². The first-order chi connectivity index (χ1) is 5.77. The van der Waals surface area contributed by atoms with Gasteiger partial charge >= 0.3 is 0 Å². The van der Waals surface area contributed by atoms with E-state index in [0.29, 0.717) is 13.0 Å². The average molecular weight is 209 g/mol. The molecule has 0 atom stereocenters. The lowest BCUT2D eigenvalue weighted by Gasteiger charge is -2.23. The van der Waals surface area contributed by atoms with Gasteiger partial charge in [0.25, 0.3) is 0 Å². The fourth-order valence-corrected chi connectivity index (χ4v) is 1.63. The van der Waals surface area contributed by atoms with Gasteiger partial charge in [0.1, 0.15) is 0 Å². The fourth-order valence-electron chi connectivity index (χ4n) is 0.972. The van der Waals surface area contributed by atoms with Crippen molar-refractivity contribution in [2.45, 2.75) is 26.7 Å². The molecule has 13 heavy (non-hydrogen) atoms. The van der Waals surface area contributed by atoms with Crippen molar-refractivity contribution in [2.75, 3.05) is 19.4 Å². The Balaban J connectivity index is 3.89. The van der Waals surface area contributed by atoms with Gasteiger partial charge in [-0.25, -0.2) is 13.1 Å². The van der Waals surface area contributed by atoms with Crippen molar-refractivity contribution >= 4 is 10.0 Å². The lowest BCUT2D eigenvalue weighted by atomic mass is 9.88. The van der Waals surface area contributed by atoms with Gasteiger partial charge in [0, 0.05) is 13.2 Å². The molecule has 0 saturated carbocycles. The van der Waals surface area contributed by atoms with Crippen LogP contribution in [-0.2, 0) is 10.0 Å². The first-order valence-electron chi connectivity index (χ1n) is 4.32. The van der Waals surface area contributed by atoms with Crippen molar-refractivity contribution in [1.29, 1.82) is 0 Å². The van der Waals surface area contributed by atoms with E-state index in [1.165, 1.54) is 0 Å². The zero-order valence-corrected chi connectivity index (χ0v) is 9.32. The maximum atomic E-state index is 10.8. The van der Waals surface area contributed by atoms with Crippen LogP contribution < -0.4 is 4.72 Å². The molecule has 0 amide bonds. The van der Waals surface area contributed by atoms with E-state index in [-0.39, 0.29) is 12.0 Å². The quantitative estimate of drug-likeness (QED) is 0.662. The van der Waals surface area contributed by atoms with E-state index in [1.54, 1.807) is 0 Å². The summed E-state index contributed by atoms with van der Waals surface area (Å²) in [7, 11) is -3.09. The molecule has 0 unspecified atom stereocenters. The fraction of sp³-hybridized carbons (Fsp3) is 1.00. The number of hydrogen-bond acceptors (Lipinski definition) is 3. The van der Waals surface area contributed by atoms with Gasteiger partial charge in [-0.3, -0.25) is 0 Å². The van der Waals surface area contributed by atoms with E-state index in [4.69, 9.17) is 5.11 Å². The SMILES string of the molecule is CC(C)(CCCO)CNS(C)(=O)=O. The van der Waals surface area contributed by atoms with Crippen LogP contribution >= 0.6 is 0 Å². The summed E-state index contributed by atoms with van der Waals surface area (Å²) in [6.07, 6.45) is 2.67. The molecule has 0 aromatic rings. The second-order valence-corrected chi connectivity index (χ2v) is 5.92. The van der Waals surface area contributed by atoms with Crippen molar-refractivity contribution in [2.24, 2.45) is 5.41 Å². The van der Waals surface area contributed by atoms with Crippen LogP contribution in [0.1, 0.15) is 26.7 Å². The molecule has 0 aliphatic carbocycles. The van der Waals surface area contributed by atoms with Crippen molar-refractivity contribution in [3.8, 4) is 0 Å². The maximum Gasteiger partial charge on any atom is 0.208 e. The molecule has 80 valence electrons. The Morgan fingerprint density at radius 1 is 1.38 bits per heavy atom. The van der Waals surface area contributed by atoms with Gasteiger partial charge in [-0.05, 0) is 18.3 Å². The Bertz CT molecular complexity index is 234. The monoisotopic (exact) mass is 209 g/mol. The van der Waals surface area contributed by atoms with Crippen LogP contribution in [0.15, 0.2) is 0 Å². The van der Waals surface area contributed by atoms with Crippen LogP contribution in [0.5, 0.6) is 0 Å². The summed E-state index contributed by atoms with van der Waals surface area (Å²) in [6, 6.07) is 0. The predicted octanol–water partition coefficient (Wildman–Crippen LogP) is 0.334. The standard InChI is InChI=1S/C8H19NO3S/c1-8(2,5-4-6-10)7-9-13(3,11)12/h9-10H,4-7H2,1-3H3. The third-order valence-corrected chi connectivity index (χ3v) is 2.49. The third-order valence-electron chi connectivity index (χ3n) is 1.82. The first-order valence-corrected chi connectivity index (χ1v) is 6.21. The van der Waals surface area contributed by atoms with E-state index in [9.17, 15) is 8.42 Å². The number of nitrogens with one attached hydrogen (secondary N) is 1. The van der Waals surface area contributed by atoms with E-state index >= 15 is 0 Å². The maximum absolute atomic E-state index is 10.8. The van der Waals surface area contributed by atoms with Crippen molar-refractivity contribution < 1.29 is 13.5 Å². The van der Waals surface area contributed by atoms with E-state index in [1.807, 2.05) is 13.8 Å². The van der Waals surface area contributed by atoms with Crippen LogP contribution in [0.3, 0.4) is 0 Å². The van der Waals surface area contributed by atoms with Crippen LogP contribution in [0.25, 0.3) is 0 Å². The zero-order valence-electron chi connectivity index (χ0n) is 8.50. The molecule has 0 aliphatic heterocycles. The number of aliphatic hydroxyl groups excluding tert-OH is 1. The van der Waals surface area contributed by atoms with Gasteiger partial charge in [0.15, 0.2) is 0 Å². The van der Waals surface area contributed by atoms with Crippen LogP contribution in [-0.4, -0.2) is 32.9 Å². The number of aliphatic hydroxyl groups is 1. The molecule has 4 nitrogen and oxygen atoms in total. The third kappa shape index (κ3) is 8.21. The molecule has 0 spiro atoms. The summed E-state index contributed by atoms with van der Waals surface area (Å²) in [6.45, 7) is 4.52. The Hall–Kier alpha value is -0.130. The first kappa shape index (κ1) is 12.9. The van der Waals surface area contributed by atoms with Crippen LogP contribution in [0.2, 0.25) is 0 Å². The summed E-state index contributed by atoms with van der Waals surface area (Å²) in [5.74, 6) is 0. The molecule has 0 aromatic carbocycles. The topological polar surface area (TPSA) is 66.4 Å². The highest BCUT2D eigenvalue weighted by Crippen LogP contribution is 2.20.